The van der Waals surface area contributed by atoms with Gasteiger partial charge in [-0.1, -0.05) is 30.9 Å². The number of aromatic nitrogens is 2. The van der Waals surface area contributed by atoms with E-state index < -0.39 is 5.91 Å². The molecule has 1 amide bonds. The van der Waals surface area contributed by atoms with Gasteiger partial charge in [-0.15, -0.1) is 0 Å². The Balaban J connectivity index is 2.13. The highest BCUT2D eigenvalue weighted by molar-refractivity contribution is 6.02. The van der Waals surface area contributed by atoms with Gasteiger partial charge < -0.3 is 10.1 Å². The maximum Gasteiger partial charge on any atom is 0.261 e. The number of nitrogens with one attached hydrogen (secondary N) is 1. The lowest BCUT2D eigenvalue weighted by molar-refractivity contribution is -0.116. The lowest BCUT2D eigenvalue weighted by Crippen LogP contribution is -2.19. The van der Waals surface area contributed by atoms with Crippen LogP contribution >= 0.6 is 0 Å². The smallest absolute Gasteiger partial charge is 0.261 e. The largest absolute Gasteiger partial charge is 0.489 e. The van der Waals surface area contributed by atoms with E-state index in [0.717, 1.165) is 22.6 Å². The first-order valence-corrected chi connectivity index (χ1v) is 9.41. The van der Waals surface area contributed by atoms with Crippen LogP contribution in [0.4, 0.5) is 0 Å². The minimum Gasteiger partial charge on any atom is -0.489 e. The SMILES string of the molecule is C=CCOc1ccc(-c2nn(-c3ccccc3)cc2C=C(C#N)C(=O)NC)cc1C. The average Bonchev–Trinajstić information content (AvgIpc) is 3.20. The van der Waals surface area contributed by atoms with Crippen LogP contribution in [0.15, 0.2) is 73.0 Å². The Morgan fingerprint density at radius 2 is 2.07 bits per heavy atom. The molecular formula is C24H22N4O2. The van der Waals surface area contributed by atoms with Crippen LogP contribution in [-0.4, -0.2) is 29.3 Å². The third kappa shape index (κ3) is 4.47. The summed E-state index contributed by atoms with van der Waals surface area (Å²) in [6, 6.07) is 17.4. The van der Waals surface area contributed by atoms with Gasteiger partial charge in [-0.25, -0.2) is 4.68 Å². The molecule has 0 spiro atoms. The molecule has 3 aromatic rings. The van der Waals surface area contributed by atoms with Gasteiger partial charge in [-0.05, 0) is 48.9 Å². The number of nitriles is 1. The Morgan fingerprint density at radius 3 is 2.70 bits per heavy atom. The van der Waals surface area contributed by atoms with Gasteiger partial charge in [0, 0.05) is 24.4 Å². The van der Waals surface area contributed by atoms with Crippen LogP contribution in [0, 0.1) is 18.3 Å². The molecule has 0 aliphatic carbocycles. The molecule has 1 aromatic heterocycles. The summed E-state index contributed by atoms with van der Waals surface area (Å²) in [5.74, 6) is 0.321. The Hall–Kier alpha value is -4.11. The molecule has 0 atom stereocenters. The zero-order chi connectivity index (χ0) is 21.5. The second kappa shape index (κ2) is 9.39. The van der Waals surface area contributed by atoms with Gasteiger partial charge in [-0.2, -0.15) is 10.4 Å². The molecule has 0 saturated heterocycles. The van der Waals surface area contributed by atoms with E-state index in [9.17, 15) is 10.1 Å². The molecule has 3 rings (SSSR count). The second-order valence-corrected chi connectivity index (χ2v) is 6.54. The number of carbonyl (C=O) groups is 1. The van der Waals surface area contributed by atoms with Crippen LogP contribution in [0.25, 0.3) is 23.0 Å². The average molecular weight is 398 g/mol. The number of aryl methyl sites for hydroxylation is 1. The molecular weight excluding hydrogens is 376 g/mol. The number of benzene rings is 2. The van der Waals surface area contributed by atoms with Crippen molar-refractivity contribution in [1.82, 2.24) is 15.1 Å². The molecule has 0 radical (unpaired) electrons. The van der Waals surface area contributed by atoms with Gasteiger partial charge in [0.2, 0.25) is 0 Å². The summed E-state index contributed by atoms with van der Waals surface area (Å²) in [5.41, 5.74) is 4.01. The molecule has 30 heavy (non-hydrogen) atoms. The van der Waals surface area contributed by atoms with Gasteiger partial charge >= 0.3 is 0 Å². The Morgan fingerprint density at radius 1 is 1.30 bits per heavy atom. The minimum atomic E-state index is -0.444. The Labute approximate surface area is 175 Å². The fourth-order valence-corrected chi connectivity index (χ4v) is 2.98. The van der Waals surface area contributed by atoms with E-state index >= 15 is 0 Å². The van der Waals surface area contributed by atoms with E-state index in [1.807, 2.05) is 67.7 Å². The number of rotatable bonds is 7. The van der Waals surface area contributed by atoms with Crippen molar-refractivity contribution in [3.63, 3.8) is 0 Å². The molecule has 2 aromatic carbocycles. The molecule has 0 bridgehead atoms. The van der Waals surface area contributed by atoms with Crippen LogP contribution in [0.2, 0.25) is 0 Å². The number of hydrogen-bond donors (Lipinski definition) is 1. The normalized spacial score (nSPS) is 10.9. The van der Waals surface area contributed by atoms with E-state index in [1.54, 1.807) is 16.8 Å². The lowest BCUT2D eigenvalue weighted by Gasteiger charge is -2.09. The number of carbonyl (C=O) groups excluding carboxylic acids is 1. The maximum absolute atomic E-state index is 12.0. The summed E-state index contributed by atoms with van der Waals surface area (Å²) in [6.07, 6.45) is 5.06. The van der Waals surface area contributed by atoms with Crippen molar-refractivity contribution >= 4 is 12.0 Å². The van der Waals surface area contributed by atoms with Crippen LogP contribution in [0.1, 0.15) is 11.1 Å². The molecule has 1 heterocycles. The zero-order valence-corrected chi connectivity index (χ0v) is 16.9. The number of likely N-dealkylation sites (N-methyl/N-ethyl adjacent to an activating group) is 1. The molecule has 0 aliphatic heterocycles. The van der Waals surface area contributed by atoms with E-state index in [4.69, 9.17) is 9.84 Å². The van der Waals surface area contributed by atoms with Gasteiger partial charge in [0.25, 0.3) is 5.91 Å². The second-order valence-electron chi connectivity index (χ2n) is 6.54. The van der Waals surface area contributed by atoms with Crippen LogP contribution < -0.4 is 10.1 Å². The topological polar surface area (TPSA) is 79.9 Å². The first kappa shape index (κ1) is 20.6. The molecule has 0 fully saturated rings. The van der Waals surface area contributed by atoms with E-state index in [1.165, 1.54) is 7.05 Å². The lowest BCUT2D eigenvalue weighted by atomic mass is 10.0. The van der Waals surface area contributed by atoms with Gasteiger partial charge in [0.15, 0.2) is 0 Å². The quantitative estimate of drug-likeness (QED) is 0.370. The molecule has 6 nitrogen and oxygen atoms in total. The highest BCUT2D eigenvalue weighted by Crippen LogP contribution is 2.29. The summed E-state index contributed by atoms with van der Waals surface area (Å²) in [6.45, 7) is 6.05. The molecule has 6 heteroatoms. The molecule has 0 aliphatic rings. The highest BCUT2D eigenvalue weighted by atomic mass is 16.5. The van der Waals surface area contributed by atoms with Crippen molar-refractivity contribution in [2.24, 2.45) is 0 Å². The van der Waals surface area contributed by atoms with Gasteiger partial charge in [0.05, 0.1) is 5.69 Å². The fourth-order valence-electron chi connectivity index (χ4n) is 2.98. The minimum absolute atomic E-state index is 0.00835. The van der Waals surface area contributed by atoms with Gasteiger partial charge in [-0.3, -0.25) is 4.79 Å². The van der Waals surface area contributed by atoms with Crippen molar-refractivity contribution in [2.75, 3.05) is 13.7 Å². The molecule has 0 saturated carbocycles. The number of amides is 1. The molecule has 150 valence electrons. The third-order valence-corrected chi connectivity index (χ3v) is 4.46. The van der Waals surface area contributed by atoms with Crippen molar-refractivity contribution in [2.45, 2.75) is 6.92 Å². The standard InChI is InChI=1S/C24H22N4O2/c1-4-12-30-22-11-10-18(13-17(22)2)23-20(14-19(15-25)24(29)26-3)16-28(27-23)21-8-6-5-7-9-21/h4-11,13-14,16H,1,12H2,2-3H3,(H,26,29). The monoisotopic (exact) mass is 398 g/mol. The van der Waals surface area contributed by atoms with Crippen molar-refractivity contribution < 1.29 is 9.53 Å². The summed E-state index contributed by atoms with van der Waals surface area (Å²) in [5, 5.41) is 16.6. The Bertz CT molecular complexity index is 1140. The van der Waals surface area contributed by atoms with Gasteiger partial charge in [0.1, 0.15) is 29.7 Å². The van der Waals surface area contributed by atoms with Crippen LogP contribution in [0.3, 0.4) is 0 Å². The van der Waals surface area contributed by atoms with E-state index in [2.05, 4.69) is 11.9 Å². The number of ether oxygens (including phenoxy) is 1. The molecule has 1 N–H and O–H groups in total. The highest BCUT2D eigenvalue weighted by Gasteiger charge is 2.15. The number of para-hydroxylation sites is 1. The first-order valence-electron chi connectivity index (χ1n) is 9.41. The summed E-state index contributed by atoms with van der Waals surface area (Å²) < 4.78 is 7.39. The number of nitrogens with zero attached hydrogens (tertiary/aromatic N) is 3. The van der Waals surface area contributed by atoms with Crippen LogP contribution in [0.5, 0.6) is 5.75 Å². The predicted molar refractivity (Wildman–Crippen MR) is 117 cm³/mol. The predicted octanol–water partition coefficient (Wildman–Crippen LogP) is 4.07. The van der Waals surface area contributed by atoms with Crippen molar-refractivity contribution in [3.8, 4) is 28.8 Å². The third-order valence-electron chi connectivity index (χ3n) is 4.46. The zero-order valence-electron chi connectivity index (χ0n) is 16.9. The summed E-state index contributed by atoms with van der Waals surface area (Å²) in [7, 11) is 1.49. The van der Waals surface area contributed by atoms with Crippen molar-refractivity contribution in [1.29, 1.82) is 5.26 Å². The first-order chi connectivity index (χ1) is 14.6. The number of hydrogen-bond acceptors (Lipinski definition) is 4. The summed E-state index contributed by atoms with van der Waals surface area (Å²) >= 11 is 0. The van der Waals surface area contributed by atoms with Crippen molar-refractivity contribution in [3.05, 3.63) is 84.1 Å². The Kier molecular flexibility index (Phi) is 6.46. The molecule has 0 unspecified atom stereocenters. The van der Waals surface area contributed by atoms with E-state index in [-0.39, 0.29) is 5.57 Å². The maximum atomic E-state index is 12.0. The fraction of sp³-hybridized carbons (Fsp3) is 0.125. The van der Waals surface area contributed by atoms with E-state index in [0.29, 0.717) is 17.9 Å². The van der Waals surface area contributed by atoms with Crippen LogP contribution in [-0.2, 0) is 4.79 Å². The summed E-state index contributed by atoms with van der Waals surface area (Å²) in [4.78, 5) is 12.0.